The molecular weight excluding hydrogens is 197 g/mol. The number of aromatic nitrogens is 1. The van der Waals surface area contributed by atoms with E-state index in [9.17, 15) is 9.18 Å². The number of carbonyl (C=O) groups excluding carboxylic acids is 1. The van der Waals surface area contributed by atoms with Gasteiger partial charge in [-0.05, 0) is 18.6 Å². The van der Waals surface area contributed by atoms with E-state index in [1.807, 2.05) is 6.92 Å². The molecule has 1 aromatic carbocycles. The van der Waals surface area contributed by atoms with Crippen molar-refractivity contribution in [2.45, 2.75) is 6.92 Å². The van der Waals surface area contributed by atoms with Gasteiger partial charge in [-0.15, -0.1) is 0 Å². The molecule has 1 aromatic heterocycles. The van der Waals surface area contributed by atoms with Crippen LogP contribution in [0.2, 0.25) is 0 Å². The standard InChI is InChI=1S/C11H10FNO2/c1-6-3-4-8(12)9-7(11(14)15-2)5-13-10(6)9/h3-5,13H,1-2H3. The van der Waals surface area contributed by atoms with Crippen LogP contribution in [0.15, 0.2) is 18.3 Å². The van der Waals surface area contributed by atoms with E-state index in [1.165, 1.54) is 19.4 Å². The highest BCUT2D eigenvalue weighted by Crippen LogP contribution is 2.24. The summed E-state index contributed by atoms with van der Waals surface area (Å²) in [7, 11) is 1.27. The molecule has 0 aliphatic heterocycles. The first kappa shape index (κ1) is 9.71. The lowest BCUT2D eigenvalue weighted by Crippen LogP contribution is -2.00. The fourth-order valence-corrected chi connectivity index (χ4v) is 1.62. The van der Waals surface area contributed by atoms with E-state index in [0.717, 1.165) is 5.56 Å². The normalized spacial score (nSPS) is 10.6. The molecule has 4 heteroatoms. The number of H-pyrrole nitrogens is 1. The predicted molar refractivity (Wildman–Crippen MR) is 54.3 cm³/mol. The van der Waals surface area contributed by atoms with Gasteiger partial charge >= 0.3 is 5.97 Å². The second-order valence-corrected chi connectivity index (χ2v) is 3.31. The van der Waals surface area contributed by atoms with Gasteiger partial charge in [0.25, 0.3) is 0 Å². The number of rotatable bonds is 1. The van der Waals surface area contributed by atoms with Gasteiger partial charge in [0, 0.05) is 11.6 Å². The summed E-state index contributed by atoms with van der Waals surface area (Å²) in [6.07, 6.45) is 1.46. The molecule has 15 heavy (non-hydrogen) atoms. The van der Waals surface area contributed by atoms with Crippen LogP contribution in [0.3, 0.4) is 0 Å². The third-order valence-electron chi connectivity index (χ3n) is 2.40. The van der Waals surface area contributed by atoms with Crippen LogP contribution >= 0.6 is 0 Å². The lowest BCUT2D eigenvalue weighted by molar-refractivity contribution is 0.0603. The fourth-order valence-electron chi connectivity index (χ4n) is 1.62. The zero-order chi connectivity index (χ0) is 11.0. The predicted octanol–water partition coefficient (Wildman–Crippen LogP) is 2.40. The summed E-state index contributed by atoms with van der Waals surface area (Å²) in [5.74, 6) is -0.956. The summed E-state index contributed by atoms with van der Waals surface area (Å²) < 4.78 is 18.1. The third-order valence-corrected chi connectivity index (χ3v) is 2.40. The summed E-state index contributed by atoms with van der Waals surface area (Å²) in [6.45, 7) is 1.85. The Balaban J connectivity index is 2.79. The van der Waals surface area contributed by atoms with Crippen LogP contribution < -0.4 is 0 Å². The second-order valence-electron chi connectivity index (χ2n) is 3.31. The number of methoxy groups -OCH3 is 1. The highest BCUT2D eigenvalue weighted by Gasteiger charge is 2.16. The van der Waals surface area contributed by atoms with Crippen LogP contribution in [0.4, 0.5) is 4.39 Å². The number of aryl methyl sites for hydroxylation is 1. The summed E-state index contributed by atoms with van der Waals surface area (Å²) in [5.41, 5.74) is 1.76. The molecular formula is C11H10FNO2. The van der Waals surface area contributed by atoms with Crippen molar-refractivity contribution < 1.29 is 13.9 Å². The van der Waals surface area contributed by atoms with Gasteiger partial charge in [0.05, 0.1) is 18.2 Å². The smallest absolute Gasteiger partial charge is 0.340 e. The van der Waals surface area contributed by atoms with Gasteiger partial charge < -0.3 is 9.72 Å². The van der Waals surface area contributed by atoms with E-state index < -0.39 is 11.8 Å². The minimum atomic E-state index is -0.536. The van der Waals surface area contributed by atoms with E-state index in [2.05, 4.69) is 9.72 Å². The number of hydrogen-bond donors (Lipinski definition) is 1. The topological polar surface area (TPSA) is 42.1 Å². The van der Waals surface area contributed by atoms with E-state index in [-0.39, 0.29) is 5.56 Å². The van der Waals surface area contributed by atoms with Gasteiger partial charge in [-0.2, -0.15) is 0 Å². The van der Waals surface area contributed by atoms with Crippen molar-refractivity contribution in [3.8, 4) is 0 Å². The van der Waals surface area contributed by atoms with Crippen molar-refractivity contribution in [2.75, 3.05) is 7.11 Å². The molecule has 0 aliphatic rings. The van der Waals surface area contributed by atoms with Crippen LogP contribution in [0.25, 0.3) is 10.9 Å². The lowest BCUT2D eigenvalue weighted by Gasteiger charge is -1.99. The molecule has 0 spiro atoms. The first-order valence-electron chi connectivity index (χ1n) is 4.49. The maximum absolute atomic E-state index is 13.5. The van der Waals surface area contributed by atoms with Gasteiger partial charge in [-0.25, -0.2) is 9.18 Å². The number of carbonyl (C=O) groups is 1. The Morgan fingerprint density at radius 3 is 2.87 bits per heavy atom. The van der Waals surface area contributed by atoms with Gasteiger partial charge in [0.1, 0.15) is 5.82 Å². The Bertz CT molecular complexity index is 531. The molecule has 0 atom stereocenters. The summed E-state index contributed by atoms with van der Waals surface area (Å²) in [5, 5.41) is 0.293. The Morgan fingerprint density at radius 2 is 2.20 bits per heavy atom. The number of benzene rings is 1. The minimum absolute atomic E-state index is 0.230. The molecule has 0 fully saturated rings. The van der Waals surface area contributed by atoms with Crippen molar-refractivity contribution in [1.29, 1.82) is 0 Å². The molecule has 0 radical (unpaired) electrons. The Morgan fingerprint density at radius 1 is 1.47 bits per heavy atom. The number of ether oxygens (including phenoxy) is 1. The van der Waals surface area contributed by atoms with E-state index in [0.29, 0.717) is 10.9 Å². The molecule has 0 saturated carbocycles. The van der Waals surface area contributed by atoms with Crippen LogP contribution in [0.5, 0.6) is 0 Å². The van der Waals surface area contributed by atoms with Gasteiger partial charge in [0.2, 0.25) is 0 Å². The third kappa shape index (κ3) is 1.38. The summed E-state index contributed by atoms with van der Waals surface area (Å²) >= 11 is 0. The number of aromatic amines is 1. The van der Waals surface area contributed by atoms with Crippen LogP contribution in [0.1, 0.15) is 15.9 Å². The molecule has 3 nitrogen and oxygen atoms in total. The van der Waals surface area contributed by atoms with Crippen molar-refractivity contribution in [3.63, 3.8) is 0 Å². The molecule has 2 aromatic rings. The molecule has 0 aliphatic carbocycles. The molecule has 1 heterocycles. The van der Waals surface area contributed by atoms with Gasteiger partial charge in [-0.3, -0.25) is 0 Å². The van der Waals surface area contributed by atoms with Crippen molar-refractivity contribution in [1.82, 2.24) is 4.98 Å². The van der Waals surface area contributed by atoms with Crippen LogP contribution in [0, 0.1) is 12.7 Å². The second kappa shape index (κ2) is 3.38. The Labute approximate surface area is 85.9 Å². The maximum Gasteiger partial charge on any atom is 0.340 e. The number of esters is 1. The first-order valence-corrected chi connectivity index (χ1v) is 4.49. The van der Waals surface area contributed by atoms with Crippen molar-refractivity contribution >= 4 is 16.9 Å². The number of hydrogen-bond acceptors (Lipinski definition) is 2. The molecule has 1 N–H and O–H groups in total. The van der Waals surface area contributed by atoms with Crippen molar-refractivity contribution in [3.05, 3.63) is 35.3 Å². The number of fused-ring (bicyclic) bond motifs is 1. The maximum atomic E-state index is 13.5. The SMILES string of the molecule is COC(=O)c1c[nH]c2c(C)ccc(F)c12. The molecule has 78 valence electrons. The van der Waals surface area contributed by atoms with Gasteiger partial charge in [0.15, 0.2) is 0 Å². The van der Waals surface area contributed by atoms with Crippen LogP contribution in [-0.2, 0) is 4.74 Å². The number of nitrogens with one attached hydrogen (secondary N) is 1. The number of halogens is 1. The van der Waals surface area contributed by atoms with E-state index in [1.54, 1.807) is 6.07 Å². The average molecular weight is 207 g/mol. The summed E-state index contributed by atoms with van der Waals surface area (Å²) in [6, 6.07) is 3.01. The van der Waals surface area contributed by atoms with E-state index in [4.69, 9.17) is 0 Å². The minimum Gasteiger partial charge on any atom is -0.465 e. The quantitative estimate of drug-likeness (QED) is 0.729. The molecule has 0 bridgehead atoms. The fraction of sp³-hybridized carbons (Fsp3) is 0.182. The summed E-state index contributed by atoms with van der Waals surface area (Å²) in [4.78, 5) is 14.2. The molecule has 0 amide bonds. The van der Waals surface area contributed by atoms with Gasteiger partial charge in [-0.1, -0.05) is 6.07 Å². The monoisotopic (exact) mass is 207 g/mol. The lowest BCUT2D eigenvalue weighted by atomic mass is 10.1. The molecule has 0 unspecified atom stereocenters. The largest absolute Gasteiger partial charge is 0.465 e. The highest BCUT2D eigenvalue weighted by atomic mass is 19.1. The Hall–Kier alpha value is -1.84. The molecule has 2 rings (SSSR count). The zero-order valence-electron chi connectivity index (χ0n) is 8.43. The first-order chi connectivity index (χ1) is 7.15. The Kier molecular flexibility index (Phi) is 2.19. The molecule has 0 saturated heterocycles. The van der Waals surface area contributed by atoms with Crippen LogP contribution in [-0.4, -0.2) is 18.1 Å². The highest BCUT2D eigenvalue weighted by molar-refractivity contribution is 6.05. The van der Waals surface area contributed by atoms with Crippen molar-refractivity contribution in [2.24, 2.45) is 0 Å². The zero-order valence-corrected chi connectivity index (χ0v) is 8.43. The van der Waals surface area contributed by atoms with E-state index >= 15 is 0 Å². The average Bonchev–Trinajstić information content (AvgIpc) is 2.68.